The van der Waals surface area contributed by atoms with Gasteiger partial charge in [0, 0.05) is 12.8 Å². The van der Waals surface area contributed by atoms with Gasteiger partial charge < -0.3 is 4.90 Å². The maximum Gasteiger partial charge on any atom is 0.0995 e. The molecule has 0 bridgehead atoms. The van der Waals surface area contributed by atoms with Crippen molar-refractivity contribution in [3.8, 4) is 0 Å². The van der Waals surface area contributed by atoms with Crippen molar-refractivity contribution in [2.45, 2.75) is 74.0 Å². The monoisotopic (exact) mass is 226 g/mol. The Labute approximate surface area is 98.0 Å². The van der Waals surface area contributed by atoms with Crippen molar-refractivity contribution in [2.24, 2.45) is 0 Å². The molecule has 1 unspecified atom stereocenters. The van der Waals surface area contributed by atoms with Gasteiger partial charge in [-0.15, -0.1) is 11.8 Å². The van der Waals surface area contributed by atoms with E-state index in [0.29, 0.717) is 0 Å². The molecule has 1 N–H and O–H groups in total. The molecule has 0 radical (unpaired) electrons. The van der Waals surface area contributed by atoms with Crippen LogP contribution in [-0.2, 0) is 0 Å². The van der Waals surface area contributed by atoms with Gasteiger partial charge in [-0.25, -0.2) is 0 Å². The molecule has 2 heteroatoms. The summed E-state index contributed by atoms with van der Waals surface area (Å²) in [5.74, 6) is 0. The number of rotatable bonds is 0. The average molecular weight is 226 g/mol. The lowest BCUT2D eigenvalue weighted by Crippen LogP contribution is -3.20. The first-order valence-electron chi connectivity index (χ1n) is 6.85. The van der Waals surface area contributed by atoms with E-state index in [1.54, 1.807) is 0 Å². The van der Waals surface area contributed by atoms with Gasteiger partial charge in [-0.1, -0.05) is 12.8 Å². The summed E-state index contributed by atoms with van der Waals surface area (Å²) >= 11 is 2.38. The highest BCUT2D eigenvalue weighted by Gasteiger charge is 2.46. The van der Waals surface area contributed by atoms with E-state index in [1.165, 1.54) is 51.4 Å². The Hall–Kier alpha value is 0.310. The SMILES string of the molecule is C[NH+]1[C@H]2CCCC[C@@H]2S[C@@H]2CCCC[C@@H]21. The van der Waals surface area contributed by atoms with Gasteiger partial charge in [0.1, 0.15) is 0 Å². The molecule has 0 aromatic heterocycles. The molecule has 1 aliphatic heterocycles. The lowest BCUT2D eigenvalue weighted by atomic mass is 9.88. The summed E-state index contributed by atoms with van der Waals surface area (Å²) in [5, 5.41) is 2.02. The molecule has 0 aromatic rings. The van der Waals surface area contributed by atoms with Gasteiger partial charge in [0.2, 0.25) is 0 Å². The van der Waals surface area contributed by atoms with E-state index in [-0.39, 0.29) is 0 Å². The largest absolute Gasteiger partial charge is 0.331 e. The Kier molecular flexibility index (Phi) is 2.99. The Morgan fingerprint density at radius 3 is 1.80 bits per heavy atom. The van der Waals surface area contributed by atoms with Gasteiger partial charge in [0.15, 0.2) is 0 Å². The van der Waals surface area contributed by atoms with E-state index in [0.717, 1.165) is 22.6 Å². The highest BCUT2D eigenvalue weighted by molar-refractivity contribution is 8.00. The highest BCUT2D eigenvalue weighted by Crippen LogP contribution is 2.39. The van der Waals surface area contributed by atoms with Gasteiger partial charge in [-0.3, -0.25) is 0 Å². The minimum Gasteiger partial charge on any atom is -0.331 e. The van der Waals surface area contributed by atoms with Gasteiger partial charge in [0.25, 0.3) is 0 Å². The molecule has 3 rings (SSSR count). The van der Waals surface area contributed by atoms with Crippen LogP contribution in [0.1, 0.15) is 51.4 Å². The van der Waals surface area contributed by atoms with Crippen LogP contribution in [0, 0.1) is 0 Å². The minimum absolute atomic E-state index is 1.00. The summed E-state index contributed by atoms with van der Waals surface area (Å²) in [6.07, 6.45) is 12.0. The molecule has 86 valence electrons. The van der Waals surface area contributed by atoms with Gasteiger partial charge >= 0.3 is 0 Å². The number of nitrogens with one attached hydrogen (secondary N) is 1. The summed E-state index contributed by atoms with van der Waals surface area (Å²) in [5.41, 5.74) is 0. The number of quaternary nitrogens is 1. The molecule has 3 fully saturated rings. The molecule has 2 aliphatic carbocycles. The van der Waals surface area contributed by atoms with Crippen molar-refractivity contribution >= 4 is 11.8 Å². The van der Waals surface area contributed by atoms with E-state index in [4.69, 9.17) is 0 Å². The van der Waals surface area contributed by atoms with Crippen LogP contribution >= 0.6 is 11.8 Å². The summed E-state index contributed by atoms with van der Waals surface area (Å²) < 4.78 is 0. The first kappa shape index (κ1) is 10.5. The maximum atomic E-state index is 2.49. The smallest absolute Gasteiger partial charge is 0.0995 e. The normalized spacial score (nSPS) is 50.6. The lowest BCUT2D eigenvalue weighted by Gasteiger charge is -2.48. The minimum atomic E-state index is 1.00. The average Bonchev–Trinajstić information content (AvgIpc) is 2.30. The van der Waals surface area contributed by atoms with E-state index in [9.17, 15) is 0 Å². The fourth-order valence-corrected chi connectivity index (χ4v) is 6.20. The zero-order valence-electron chi connectivity index (χ0n) is 9.87. The third-order valence-corrected chi connectivity index (χ3v) is 6.75. The second kappa shape index (κ2) is 4.29. The number of fused-ring (bicyclic) bond motifs is 2. The van der Waals surface area contributed by atoms with Crippen LogP contribution in [0.4, 0.5) is 0 Å². The molecule has 15 heavy (non-hydrogen) atoms. The maximum absolute atomic E-state index is 2.49. The van der Waals surface area contributed by atoms with Crippen LogP contribution in [0.2, 0.25) is 0 Å². The third kappa shape index (κ3) is 1.84. The van der Waals surface area contributed by atoms with Crippen LogP contribution in [-0.4, -0.2) is 29.6 Å². The molecule has 1 saturated heterocycles. The van der Waals surface area contributed by atoms with Crippen LogP contribution in [0.5, 0.6) is 0 Å². The molecule has 0 aromatic carbocycles. The van der Waals surface area contributed by atoms with E-state index in [1.807, 2.05) is 4.90 Å². The van der Waals surface area contributed by atoms with Crippen LogP contribution in [0.3, 0.4) is 0 Å². The number of hydrogen-bond donors (Lipinski definition) is 1. The lowest BCUT2D eigenvalue weighted by molar-refractivity contribution is -0.933. The standard InChI is InChI=1S/C13H23NS/c1-14-10-6-2-4-8-12(10)15-13-9-5-3-7-11(13)14/h10-13H,2-9H2,1H3/p+1/t10-,11-,12-,13+/m0/s1. The van der Waals surface area contributed by atoms with Crippen molar-refractivity contribution in [1.82, 2.24) is 0 Å². The number of thioether (sulfide) groups is 1. The fraction of sp³-hybridized carbons (Fsp3) is 1.00. The fourth-order valence-electron chi connectivity index (χ4n) is 4.06. The summed E-state index contributed by atoms with van der Waals surface area (Å²) in [6.45, 7) is 0. The van der Waals surface area contributed by atoms with Gasteiger partial charge in [-0.05, 0) is 25.7 Å². The Balaban J connectivity index is 1.76. The third-order valence-electron chi connectivity index (χ3n) is 4.92. The summed E-state index contributed by atoms with van der Waals surface area (Å²) in [4.78, 5) is 1.91. The Morgan fingerprint density at radius 1 is 0.800 bits per heavy atom. The molecular weight excluding hydrogens is 202 g/mol. The van der Waals surface area contributed by atoms with Crippen molar-refractivity contribution in [2.75, 3.05) is 7.05 Å². The molecule has 2 saturated carbocycles. The first-order chi connectivity index (χ1) is 7.36. The Morgan fingerprint density at radius 2 is 1.27 bits per heavy atom. The summed E-state index contributed by atoms with van der Waals surface area (Å²) in [7, 11) is 2.49. The molecule has 0 spiro atoms. The van der Waals surface area contributed by atoms with E-state index in [2.05, 4.69) is 18.8 Å². The predicted molar refractivity (Wildman–Crippen MR) is 66.6 cm³/mol. The van der Waals surface area contributed by atoms with Crippen LogP contribution in [0.15, 0.2) is 0 Å². The molecule has 1 nitrogen and oxygen atoms in total. The second-order valence-corrected chi connectivity index (χ2v) is 7.22. The summed E-state index contributed by atoms with van der Waals surface area (Å²) in [6, 6.07) is 2.01. The Bertz CT molecular complexity index is 209. The molecule has 3 aliphatic rings. The molecular formula is C13H24NS+. The topological polar surface area (TPSA) is 4.44 Å². The molecule has 1 heterocycles. The van der Waals surface area contributed by atoms with Gasteiger partial charge in [-0.2, -0.15) is 0 Å². The van der Waals surface area contributed by atoms with Gasteiger partial charge in [0.05, 0.1) is 29.6 Å². The zero-order chi connectivity index (χ0) is 10.3. The second-order valence-electron chi connectivity index (χ2n) is 5.74. The van der Waals surface area contributed by atoms with E-state index < -0.39 is 0 Å². The van der Waals surface area contributed by atoms with E-state index >= 15 is 0 Å². The molecule has 0 amide bonds. The highest BCUT2D eigenvalue weighted by atomic mass is 32.2. The zero-order valence-corrected chi connectivity index (χ0v) is 10.7. The van der Waals surface area contributed by atoms with Crippen molar-refractivity contribution in [1.29, 1.82) is 0 Å². The number of hydrogen-bond acceptors (Lipinski definition) is 1. The van der Waals surface area contributed by atoms with Crippen molar-refractivity contribution in [3.05, 3.63) is 0 Å². The molecule has 5 atom stereocenters. The van der Waals surface area contributed by atoms with Crippen LogP contribution in [0.25, 0.3) is 0 Å². The quantitative estimate of drug-likeness (QED) is 0.661. The van der Waals surface area contributed by atoms with Crippen molar-refractivity contribution < 1.29 is 4.90 Å². The van der Waals surface area contributed by atoms with Crippen molar-refractivity contribution in [3.63, 3.8) is 0 Å². The predicted octanol–water partition coefficient (Wildman–Crippen LogP) is 1.87. The van der Waals surface area contributed by atoms with Crippen LogP contribution < -0.4 is 4.90 Å². The first-order valence-corrected chi connectivity index (χ1v) is 7.79.